The fourth-order valence-electron chi connectivity index (χ4n) is 4.77. The average molecular weight is 436 g/mol. The first-order valence-corrected chi connectivity index (χ1v) is 11.7. The second-order valence-corrected chi connectivity index (χ2v) is 8.75. The largest absolute Gasteiger partial charge is 0.309 e. The van der Waals surface area contributed by atoms with Crippen LogP contribution in [0.3, 0.4) is 0 Å². The molecule has 0 spiro atoms. The molecule has 0 saturated heterocycles. The van der Waals surface area contributed by atoms with Crippen molar-refractivity contribution in [3.63, 3.8) is 0 Å². The maximum Gasteiger partial charge on any atom is 0.0618 e. The second kappa shape index (κ2) is 8.53. The van der Waals surface area contributed by atoms with Crippen molar-refractivity contribution in [2.24, 2.45) is 0 Å². The van der Waals surface area contributed by atoms with E-state index in [2.05, 4.69) is 145 Å². The smallest absolute Gasteiger partial charge is 0.0618 e. The molecule has 6 aromatic carbocycles. The Kier molecular flexibility index (Phi) is 5.08. The molecule has 0 fully saturated rings. The van der Waals surface area contributed by atoms with Gasteiger partial charge in [0.25, 0.3) is 0 Å². The molecule has 0 amide bonds. The van der Waals surface area contributed by atoms with E-state index < -0.39 is 0 Å². The van der Waals surface area contributed by atoms with Gasteiger partial charge in [-0.3, -0.25) is 0 Å². The lowest BCUT2D eigenvalue weighted by molar-refractivity contribution is 1.30. The lowest BCUT2D eigenvalue weighted by Gasteiger charge is -2.28. The first-order valence-electron chi connectivity index (χ1n) is 11.7. The molecule has 1 heteroatoms. The van der Waals surface area contributed by atoms with Crippen molar-refractivity contribution in [2.45, 2.75) is 6.92 Å². The minimum absolute atomic E-state index is 1.14. The third-order valence-electron chi connectivity index (χ3n) is 6.49. The molecule has 0 aliphatic rings. The van der Waals surface area contributed by atoms with E-state index >= 15 is 0 Å². The molecule has 1 nitrogen and oxygen atoms in total. The summed E-state index contributed by atoms with van der Waals surface area (Å²) in [5.74, 6) is 0. The van der Waals surface area contributed by atoms with Crippen LogP contribution in [-0.4, -0.2) is 0 Å². The Morgan fingerprint density at radius 3 is 1.50 bits per heavy atom. The monoisotopic (exact) mass is 435 g/mol. The molecule has 162 valence electrons. The third kappa shape index (κ3) is 3.62. The topological polar surface area (TPSA) is 3.24 Å². The first kappa shape index (κ1) is 20.3. The molecule has 34 heavy (non-hydrogen) atoms. The molecule has 0 radical (unpaired) electrons. The van der Waals surface area contributed by atoms with Gasteiger partial charge in [0.2, 0.25) is 0 Å². The van der Waals surface area contributed by atoms with Crippen LogP contribution in [0.25, 0.3) is 32.7 Å². The normalized spacial score (nSPS) is 11.1. The molecule has 0 unspecified atom stereocenters. The lowest BCUT2D eigenvalue weighted by Crippen LogP contribution is -2.11. The Morgan fingerprint density at radius 1 is 0.441 bits per heavy atom. The Balaban J connectivity index is 1.62. The van der Waals surface area contributed by atoms with Crippen LogP contribution in [0.2, 0.25) is 0 Å². The number of nitrogens with zero attached hydrogens (tertiary/aromatic N) is 1. The molecule has 0 bridgehead atoms. The summed E-state index contributed by atoms with van der Waals surface area (Å²) in [6, 6.07) is 47.9. The molecule has 0 aromatic heterocycles. The van der Waals surface area contributed by atoms with Gasteiger partial charge in [-0.25, -0.2) is 0 Å². The zero-order valence-electron chi connectivity index (χ0n) is 19.1. The number of fused-ring (bicyclic) bond motifs is 2. The van der Waals surface area contributed by atoms with E-state index in [9.17, 15) is 0 Å². The summed E-state index contributed by atoms with van der Waals surface area (Å²) < 4.78 is 0. The first-order chi connectivity index (χ1) is 16.8. The summed E-state index contributed by atoms with van der Waals surface area (Å²) in [7, 11) is 0. The quantitative estimate of drug-likeness (QED) is 0.249. The third-order valence-corrected chi connectivity index (χ3v) is 6.49. The van der Waals surface area contributed by atoms with Gasteiger partial charge in [0.15, 0.2) is 0 Å². The average Bonchev–Trinajstić information content (AvgIpc) is 2.90. The van der Waals surface area contributed by atoms with Crippen LogP contribution in [0.15, 0.2) is 133 Å². The fourth-order valence-corrected chi connectivity index (χ4v) is 4.77. The van der Waals surface area contributed by atoms with E-state index in [-0.39, 0.29) is 0 Å². The molecular weight excluding hydrogens is 410 g/mol. The molecular formula is C33H25N. The molecule has 0 saturated carbocycles. The standard InChI is InChI=1S/C33H25N/c1-24-15-19-29(20-16-24)34(30-21-17-26(18-22-30)25-9-3-2-4-10-25)33-31-13-7-5-11-27(31)23-28-12-6-8-14-32(28)33/h2-23H,1H3. The summed E-state index contributed by atoms with van der Waals surface area (Å²) in [5.41, 5.74) is 7.21. The van der Waals surface area contributed by atoms with E-state index in [4.69, 9.17) is 0 Å². The number of aryl methyl sites for hydroxylation is 1. The van der Waals surface area contributed by atoms with Crippen LogP contribution in [0.4, 0.5) is 17.1 Å². The molecule has 0 heterocycles. The molecule has 6 rings (SSSR count). The van der Waals surface area contributed by atoms with Gasteiger partial charge in [-0.05, 0) is 59.2 Å². The zero-order chi connectivity index (χ0) is 22.9. The predicted molar refractivity (Wildman–Crippen MR) is 146 cm³/mol. The summed E-state index contributed by atoms with van der Waals surface area (Å²) in [4.78, 5) is 2.40. The van der Waals surface area contributed by atoms with Crippen LogP contribution in [-0.2, 0) is 0 Å². The molecule has 0 aliphatic heterocycles. The van der Waals surface area contributed by atoms with Gasteiger partial charge in [0, 0.05) is 22.1 Å². The Morgan fingerprint density at radius 2 is 0.912 bits per heavy atom. The van der Waals surface area contributed by atoms with Crippen LogP contribution in [0, 0.1) is 6.92 Å². The predicted octanol–water partition coefficient (Wildman–Crippen LogP) is 9.44. The van der Waals surface area contributed by atoms with Gasteiger partial charge in [0.05, 0.1) is 5.69 Å². The summed E-state index contributed by atoms with van der Waals surface area (Å²) in [6.07, 6.45) is 0. The Bertz CT molecular complexity index is 1530. The van der Waals surface area contributed by atoms with Crippen molar-refractivity contribution >= 4 is 38.6 Å². The highest BCUT2D eigenvalue weighted by atomic mass is 15.1. The number of anilines is 3. The van der Waals surface area contributed by atoms with Crippen molar-refractivity contribution in [2.75, 3.05) is 4.90 Å². The Hall–Kier alpha value is -4.36. The highest BCUT2D eigenvalue weighted by Crippen LogP contribution is 2.44. The van der Waals surface area contributed by atoms with E-state index in [0.29, 0.717) is 0 Å². The van der Waals surface area contributed by atoms with Gasteiger partial charge < -0.3 is 4.90 Å². The molecule has 0 aliphatic carbocycles. The van der Waals surface area contributed by atoms with Gasteiger partial charge in [-0.15, -0.1) is 0 Å². The van der Waals surface area contributed by atoms with Gasteiger partial charge >= 0.3 is 0 Å². The number of hydrogen-bond acceptors (Lipinski definition) is 1. The van der Waals surface area contributed by atoms with Crippen molar-refractivity contribution in [1.29, 1.82) is 0 Å². The fraction of sp³-hybridized carbons (Fsp3) is 0.0303. The maximum absolute atomic E-state index is 2.40. The second-order valence-electron chi connectivity index (χ2n) is 8.75. The number of benzene rings is 6. The van der Waals surface area contributed by atoms with E-state index in [0.717, 1.165) is 11.4 Å². The van der Waals surface area contributed by atoms with Crippen molar-refractivity contribution < 1.29 is 0 Å². The minimum atomic E-state index is 1.14. The van der Waals surface area contributed by atoms with Crippen LogP contribution in [0.5, 0.6) is 0 Å². The number of hydrogen-bond donors (Lipinski definition) is 0. The lowest BCUT2D eigenvalue weighted by atomic mass is 9.98. The summed E-state index contributed by atoms with van der Waals surface area (Å²) >= 11 is 0. The van der Waals surface area contributed by atoms with Crippen LogP contribution in [0.1, 0.15) is 5.56 Å². The van der Waals surface area contributed by atoms with Gasteiger partial charge in [0.1, 0.15) is 0 Å². The Labute approximate surface area is 200 Å². The number of rotatable bonds is 4. The summed E-state index contributed by atoms with van der Waals surface area (Å²) in [5, 5.41) is 4.98. The SMILES string of the molecule is Cc1ccc(N(c2ccc(-c3ccccc3)cc2)c2c3ccccc3cc3ccccc23)cc1. The van der Waals surface area contributed by atoms with Gasteiger partial charge in [-0.2, -0.15) is 0 Å². The minimum Gasteiger partial charge on any atom is -0.309 e. The van der Waals surface area contributed by atoms with Crippen LogP contribution >= 0.6 is 0 Å². The van der Waals surface area contributed by atoms with Crippen molar-refractivity contribution in [1.82, 2.24) is 0 Å². The summed E-state index contributed by atoms with van der Waals surface area (Å²) in [6.45, 7) is 2.14. The van der Waals surface area contributed by atoms with Crippen molar-refractivity contribution in [3.8, 4) is 11.1 Å². The molecule has 0 atom stereocenters. The molecule has 6 aromatic rings. The highest BCUT2D eigenvalue weighted by Gasteiger charge is 2.18. The van der Waals surface area contributed by atoms with E-state index in [1.807, 2.05) is 0 Å². The molecule has 0 N–H and O–H groups in total. The zero-order valence-corrected chi connectivity index (χ0v) is 19.1. The van der Waals surface area contributed by atoms with Crippen LogP contribution < -0.4 is 4.90 Å². The highest BCUT2D eigenvalue weighted by molar-refractivity contribution is 6.14. The van der Waals surface area contributed by atoms with Crippen molar-refractivity contribution in [3.05, 3.63) is 139 Å². The van der Waals surface area contributed by atoms with E-state index in [1.165, 1.54) is 43.9 Å². The maximum atomic E-state index is 2.40. The van der Waals surface area contributed by atoms with Gasteiger partial charge in [-0.1, -0.05) is 109 Å². The van der Waals surface area contributed by atoms with E-state index in [1.54, 1.807) is 0 Å².